The Kier molecular flexibility index (Phi) is 12.3. The van der Waals surface area contributed by atoms with Crippen molar-refractivity contribution in [2.45, 2.75) is 27.7 Å². The summed E-state index contributed by atoms with van der Waals surface area (Å²) in [5.74, 6) is 0. The zero-order valence-electron chi connectivity index (χ0n) is 8.96. The molecule has 0 radical (unpaired) electrons. The predicted molar refractivity (Wildman–Crippen MR) is 62.2 cm³/mol. The maximum Gasteiger partial charge on any atom is 0.679 e. The monoisotopic (exact) mass is 238 g/mol. The molecule has 0 saturated heterocycles. The first-order valence-corrected chi connectivity index (χ1v) is 6.43. The molecule has 0 aliphatic heterocycles. The molecule has 0 rings (SSSR count). The first kappa shape index (κ1) is 17.0. The average molecular weight is 238 g/mol. The van der Waals surface area contributed by atoms with Gasteiger partial charge in [0.25, 0.3) is 0 Å². The maximum absolute atomic E-state index is 5.42. The third-order valence-electron chi connectivity index (χ3n) is 1.28. The zero-order valence-corrected chi connectivity index (χ0v) is 9.96. The van der Waals surface area contributed by atoms with Crippen LogP contribution in [0.1, 0.15) is 27.7 Å². The van der Waals surface area contributed by atoms with Gasteiger partial charge in [-0.1, -0.05) is 0 Å². The minimum atomic E-state index is -2.80. The van der Waals surface area contributed by atoms with Gasteiger partial charge in [-0.05, 0) is 27.7 Å². The molecule has 0 bridgehead atoms. The minimum absolute atomic E-state index is 0. The lowest BCUT2D eigenvalue weighted by Gasteiger charge is -2.26. The lowest BCUT2D eigenvalue weighted by Crippen LogP contribution is -2.49. The van der Waals surface area contributed by atoms with E-state index in [4.69, 9.17) is 17.7 Å². The van der Waals surface area contributed by atoms with Crippen LogP contribution in [0.15, 0.2) is 0 Å². The van der Waals surface area contributed by atoms with Crippen LogP contribution in [0.2, 0.25) is 0 Å². The van der Waals surface area contributed by atoms with Gasteiger partial charge in [0, 0.05) is 26.4 Å². The van der Waals surface area contributed by atoms with Crippen LogP contribution < -0.4 is 0 Å². The van der Waals surface area contributed by atoms with E-state index in [1.807, 2.05) is 27.7 Å². The molecule has 0 amide bonds. The molecule has 86 valence electrons. The van der Waals surface area contributed by atoms with Crippen LogP contribution in [-0.2, 0) is 17.7 Å². The van der Waals surface area contributed by atoms with Crippen LogP contribution in [0.5, 0.6) is 0 Å². The van der Waals surface area contributed by atoms with E-state index in [1.54, 1.807) is 0 Å². The highest BCUT2D eigenvalue weighted by Gasteiger charge is 2.44. The number of hydrogen-bond donors (Lipinski definition) is 0. The fraction of sp³-hybridized carbons (Fsp3) is 1.00. The van der Waals surface area contributed by atoms with Crippen molar-refractivity contribution in [3.05, 3.63) is 0 Å². The summed E-state index contributed by atoms with van der Waals surface area (Å²) in [5, 5.41) is 0. The van der Waals surface area contributed by atoms with E-state index in [1.165, 1.54) is 0 Å². The van der Waals surface area contributed by atoms with E-state index in [0.29, 0.717) is 26.4 Å². The second-order valence-electron chi connectivity index (χ2n) is 2.23. The molecule has 0 aromatic rings. The summed E-state index contributed by atoms with van der Waals surface area (Å²) in [7, 11) is -2.80. The van der Waals surface area contributed by atoms with E-state index in [0.717, 1.165) is 0 Å². The summed E-state index contributed by atoms with van der Waals surface area (Å²) in [6, 6.07) is 0. The summed E-state index contributed by atoms with van der Waals surface area (Å²) in [4.78, 5) is 0. The van der Waals surface area contributed by atoms with Crippen molar-refractivity contribution in [3.8, 4) is 0 Å². The largest absolute Gasteiger partial charge is 0.679 e. The van der Waals surface area contributed by atoms with Gasteiger partial charge in [0.2, 0.25) is 0 Å². The van der Waals surface area contributed by atoms with Gasteiger partial charge in [0.15, 0.2) is 17.4 Å². The second-order valence-corrected chi connectivity index (χ2v) is 4.39. The van der Waals surface area contributed by atoms with Gasteiger partial charge in [0.05, 0.1) is 0 Å². The van der Waals surface area contributed by atoms with Crippen LogP contribution in [-0.4, -0.2) is 52.8 Å². The average Bonchev–Trinajstić information content (AvgIpc) is 2.06. The van der Waals surface area contributed by atoms with Crippen LogP contribution in [0, 0.1) is 0 Å². The molecule has 4 nitrogen and oxygen atoms in total. The first-order chi connectivity index (χ1) is 6.24. The molecule has 0 saturated carbocycles. The van der Waals surface area contributed by atoms with Crippen LogP contribution in [0.25, 0.3) is 0 Å². The van der Waals surface area contributed by atoms with Gasteiger partial charge in [-0.25, -0.2) is 0 Å². The van der Waals surface area contributed by atoms with Crippen molar-refractivity contribution >= 4 is 26.4 Å². The van der Waals surface area contributed by atoms with Gasteiger partial charge in [-0.15, -0.1) is 0 Å². The lowest BCUT2D eigenvalue weighted by atomic mass is 10.9. The lowest BCUT2D eigenvalue weighted by molar-refractivity contribution is -0.0247. The van der Waals surface area contributed by atoms with E-state index in [-0.39, 0.29) is 17.4 Å². The Labute approximate surface area is 98.5 Å². The Hall–Kier alpha value is 0.589. The Bertz CT molecular complexity index is 96.4. The summed E-state index contributed by atoms with van der Waals surface area (Å²) in [6.45, 7) is 9.80. The van der Waals surface area contributed by atoms with Crippen LogP contribution >= 0.6 is 0 Å². The van der Waals surface area contributed by atoms with Crippen molar-refractivity contribution in [2.75, 3.05) is 26.4 Å². The van der Waals surface area contributed by atoms with Crippen molar-refractivity contribution in [1.29, 1.82) is 0 Å². The van der Waals surface area contributed by atoms with Crippen molar-refractivity contribution in [1.82, 2.24) is 0 Å². The normalized spacial score (nSPS) is 11.1. The molecule has 6 heteroatoms. The number of hydrogen-bond acceptors (Lipinski definition) is 4. The molecule has 0 spiro atoms. The summed E-state index contributed by atoms with van der Waals surface area (Å²) in [6.07, 6.45) is 0. The number of rotatable bonds is 8. The van der Waals surface area contributed by atoms with Gasteiger partial charge in [-0.3, -0.25) is 0 Å². The second kappa shape index (κ2) is 10.1. The van der Waals surface area contributed by atoms with Gasteiger partial charge < -0.3 is 17.7 Å². The Morgan fingerprint density at radius 3 is 1.00 bits per heavy atom. The first-order valence-electron chi connectivity index (χ1n) is 4.80. The Morgan fingerprint density at radius 1 is 0.643 bits per heavy atom. The molecule has 0 fully saturated rings. The minimum Gasteiger partial charge on any atom is -0.351 e. The van der Waals surface area contributed by atoms with Gasteiger partial charge in [-0.2, -0.15) is 0 Å². The maximum atomic E-state index is 5.42. The standard InChI is InChI=1S/C8H20O4Si.Al.3H/c1-5-9-13(10-6-2,11-7-3)12-8-4;;;;/h5-8H2,1-4H3;;;;. The van der Waals surface area contributed by atoms with Crippen molar-refractivity contribution in [3.63, 3.8) is 0 Å². The molecule has 0 atom stereocenters. The SMILES string of the molecule is CCO[Si](OCC)(OCC)OCC.[AlH3]. The topological polar surface area (TPSA) is 36.9 Å². The quantitative estimate of drug-likeness (QED) is 0.573. The molecule has 0 N–H and O–H groups in total. The Morgan fingerprint density at radius 2 is 0.857 bits per heavy atom. The highest BCUT2D eigenvalue weighted by molar-refractivity contribution is 6.53. The highest BCUT2D eigenvalue weighted by atomic mass is 28.4. The summed E-state index contributed by atoms with van der Waals surface area (Å²) in [5.41, 5.74) is 0. The molecule has 0 aliphatic rings. The van der Waals surface area contributed by atoms with E-state index < -0.39 is 9.05 Å². The van der Waals surface area contributed by atoms with Crippen LogP contribution in [0.4, 0.5) is 0 Å². The van der Waals surface area contributed by atoms with E-state index in [9.17, 15) is 0 Å². The summed E-state index contributed by atoms with van der Waals surface area (Å²) < 4.78 is 21.7. The summed E-state index contributed by atoms with van der Waals surface area (Å²) >= 11 is 0. The molecular weight excluding hydrogens is 215 g/mol. The molecule has 0 aliphatic carbocycles. The molecule has 0 unspecified atom stereocenters. The van der Waals surface area contributed by atoms with Crippen molar-refractivity contribution < 1.29 is 17.7 Å². The molecule has 0 aromatic carbocycles. The fourth-order valence-electron chi connectivity index (χ4n) is 0.957. The molecular formula is C8H23AlO4Si. The van der Waals surface area contributed by atoms with Crippen molar-refractivity contribution in [2.24, 2.45) is 0 Å². The third kappa shape index (κ3) is 6.14. The predicted octanol–water partition coefficient (Wildman–Crippen LogP) is 0.384. The fourth-order valence-corrected chi connectivity index (χ4v) is 2.87. The third-order valence-corrected chi connectivity index (χ3v) is 3.85. The molecule has 0 aromatic heterocycles. The van der Waals surface area contributed by atoms with Gasteiger partial charge >= 0.3 is 9.05 Å². The van der Waals surface area contributed by atoms with Gasteiger partial charge in [0.1, 0.15) is 0 Å². The smallest absolute Gasteiger partial charge is 0.351 e. The molecule has 0 heterocycles. The molecule has 14 heavy (non-hydrogen) atoms. The van der Waals surface area contributed by atoms with E-state index >= 15 is 0 Å². The zero-order chi connectivity index (χ0) is 10.2. The highest BCUT2D eigenvalue weighted by Crippen LogP contribution is 2.11. The van der Waals surface area contributed by atoms with Crippen LogP contribution in [0.3, 0.4) is 0 Å². The Balaban J connectivity index is 0. The van der Waals surface area contributed by atoms with E-state index in [2.05, 4.69) is 0 Å².